The van der Waals surface area contributed by atoms with E-state index in [1.807, 2.05) is 61.2 Å². The molecule has 1 aromatic carbocycles. The molecule has 0 spiro atoms. The number of aromatic nitrogens is 12. The smallest absolute Gasteiger partial charge is 0.269 e. The lowest BCUT2D eigenvalue weighted by atomic mass is 10.0. The molecular formula is C55H60N18O2S. The molecule has 3 fully saturated rings. The topological polar surface area (TPSA) is 244 Å². The molecule has 21 heteroatoms. The Balaban J connectivity index is 0.000000125. The van der Waals surface area contributed by atoms with Crippen molar-refractivity contribution in [2.24, 2.45) is 17.8 Å². The van der Waals surface area contributed by atoms with Gasteiger partial charge in [0.25, 0.3) is 10.0 Å². The third-order valence-electron chi connectivity index (χ3n) is 15.7. The second-order valence-corrected chi connectivity index (χ2v) is 22.1. The number of benzene rings is 1. The van der Waals surface area contributed by atoms with E-state index in [-0.39, 0.29) is 4.90 Å². The number of hydrogen-bond acceptors (Lipinski definition) is 14. The Morgan fingerprint density at radius 1 is 0.553 bits per heavy atom. The van der Waals surface area contributed by atoms with Gasteiger partial charge in [0.15, 0.2) is 5.65 Å². The summed E-state index contributed by atoms with van der Waals surface area (Å²) in [7, 11) is -3.78. The SMILES string of the molecule is CC[C@@H]1CC(CC#N)CN1n1cnc2cnc3c(ccn3S(=O)(=O)c3ccc(C)cc3)c21.CC[C@@H]1C[C@@H](CC#N)CN1n1cnc2cnc3[nH]ccc3c21.CC[C@@H]1C[C@H](CC#N)CN1n1cnc2cnc3[nH]ccc3c21. The summed E-state index contributed by atoms with van der Waals surface area (Å²) in [4.78, 5) is 33.3. The highest BCUT2D eigenvalue weighted by molar-refractivity contribution is 7.90. The number of nitrogens with one attached hydrogen (secondary N) is 2. The fraction of sp³-hybridized carbons (Fsp3) is 0.400. The van der Waals surface area contributed by atoms with Crippen LogP contribution in [0.25, 0.3) is 66.2 Å². The van der Waals surface area contributed by atoms with Crippen LogP contribution in [0.3, 0.4) is 0 Å². The van der Waals surface area contributed by atoms with Gasteiger partial charge in [-0.05, 0) is 93.5 Å². The van der Waals surface area contributed by atoms with Gasteiger partial charge in [-0.2, -0.15) is 15.8 Å². The van der Waals surface area contributed by atoms with Crippen molar-refractivity contribution in [3.63, 3.8) is 0 Å². The highest BCUT2D eigenvalue weighted by Crippen LogP contribution is 2.34. The molecule has 13 rings (SSSR count). The number of nitrogens with zero attached hydrogens (tertiary/aromatic N) is 16. The molecule has 12 heterocycles. The molecule has 3 saturated heterocycles. The zero-order valence-corrected chi connectivity index (χ0v) is 43.9. The first-order chi connectivity index (χ1) is 37.1. The predicted octanol–water partition coefficient (Wildman–Crippen LogP) is 8.71. The van der Waals surface area contributed by atoms with Gasteiger partial charge in [-0.15, -0.1) is 0 Å². The van der Waals surface area contributed by atoms with Crippen molar-refractivity contribution in [3.05, 3.63) is 104 Å². The van der Waals surface area contributed by atoms with Crippen molar-refractivity contribution in [3.8, 4) is 18.2 Å². The van der Waals surface area contributed by atoms with Crippen LogP contribution in [-0.2, 0) is 10.0 Å². The van der Waals surface area contributed by atoms with Gasteiger partial charge in [-0.25, -0.2) is 56.3 Å². The number of aromatic amines is 2. The number of H-pyrrole nitrogens is 2. The van der Waals surface area contributed by atoms with Crippen molar-refractivity contribution in [1.82, 2.24) is 57.9 Å². The van der Waals surface area contributed by atoms with Crippen LogP contribution in [0.15, 0.2) is 104 Å². The van der Waals surface area contributed by atoms with E-state index in [0.717, 1.165) is 119 Å². The summed E-state index contributed by atoms with van der Waals surface area (Å²) < 4.78 is 34.2. The molecule has 0 aliphatic carbocycles. The summed E-state index contributed by atoms with van der Waals surface area (Å²) in [6.07, 6.45) is 24.2. The van der Waals surface area contributed by atoms with Crippen molar-refractivity contribution < 1.29 is 8.42 Å². The van der Waals surface area contributed by atoms with Crippen LogP contribution in [0, 0.1) is 58.7 Å². The summed E-state index contributed by atoms with van der Waals surface area (Å²) in [5, 5.41) is 37.0. The monoisotopic (exact) mass is 1040 g/mol. The highest BCUT2D eigenvalue weighted by Gasteiger charge is 2.35. The van der Waals surface area contributed by atoms with Gasteiger partial charge in [0, 0.05) is 91.8 Å². The molecule has 0 saturated carbocycles. The average molecular weight is 1040 g/mol. The standard InChI is InChI=1S/C23H24N6O2S.2C16H18N6/c1-3-18-12-17(8-10-24)14-27(18)28-15-26-21-13-25-23-20(22(21)28)9-11-29(23)32(30,31)19-6-4-16(2)5-7-19;2*1-2-12-7-11(3-5-17)9-21(12)22-10-20-14-8-19-16-13(15(14)22)4-6-18-16/h4-7,9,11,13,15,17-18H,3,8,12,14H2,1-2H3;2*4,6,8,10-12H,2-3,7,9H2,1H3,(H,18,19)/t17?,18-;11-,12+;11-,12-/m101/s1. The van der Waals surface area contributed by atoms with Crippen LogP contribution in [0.4, 0.5) is 0 Å². The normalized spacial score (nSPS) is 20.6. The first-order valence-electron chi connectivity index (χ1n) is 26.2. The minimum Gasteiger partial charge on any atom is -0.346 e. The summed E-state index contributed by atoms with van der Waals surface area (Å²) >= 11 is 0. The first-order valence-corrected chi connectivity index (χ1v) is 27.7. The zero-order valence-electron chi connectivity index (χ0n) is 43.1. The minimum absolute atomic E-state index is 0.223. The molecule has 76 heavy (non-hydrogen) atoms. The van der Waals surface area contributed by atoms with E-state index in [4.69, 9.17) is 15.8 Å². The molecule has 3 aliphatic heterocycles. The van der Waals surface area contributed by atoms with Gasteiger partial charge in [0.05, 0.1) is 41.7 Å². The molecule has 6 atom stereocenters. The second-order valence-electron chi connectivity index (χ2n) is 20.3. The fourth-order valence-electron chi connectivity index (χ4n) is 11.9. The van der Waals surface area contributed by atoms with Gasteiger partial charge in [-0.3, -0.25) is 0 Å². The number of imidazole rings is 3. The van der Waals surface area contributed by atoms with Crippen molar-refractivity contribution in [2.75, 3.05) is 34.7 Å². The summed E-state index contributed by atoms with van der Waals surface area (Å²) in [5.41, 5.74) is 8.70. The van der Waals surface area contributed by atoms with Gasteiger partial charge in [0.2, 0.25) is 0 Å². The Morgan fingerprint density at radius 3 is 1.37 bits per heavy atom. The number of pyridine rings is 3. The second kappa shape index (κ2) is 20.7. The van der Waals surface area contributed by atoms with E-state index >= 15 is 0 Å². The van der Waals surface area contributed by atoms with Crippen LogP contribution in [-0.4, -0.2) is 104 Å². The van der Waals surface area contributed by atoms with Gasteiger partial charge < -0.3 is 25.0 Å². The van der Waals surface area contributed by atoms with E-state index in [1.165, 1.54) is 3.97 Å². The average Bonchev–Trinajstić information content (AvgIpc) is 4.33. The lowest BCUT2D eigenvalue weighted by Gasteiger charge is -2.27. The molecule has 0 amide bonds. The predicted molar refractivity (Wildman–Crippen MR) is 292 cm³/mol. The van der Waals surface area contributed by atoms with Crippen LogP contribution in [0.1, 0.15) is 84.1 Å². The van der Waals surface area contributed by atoms with Gasteiger partial charge in [-0.1, -0.05) is 38.5 Å². The van der Waals surface area contributed by atoms with Gasteiger partial charge in [0.1, 0.15) is 63.4 Å². The Hall–Kier alpha value is -8.48. The van der Waals surface area contributed by atoms with E-state index in [0.29, 0.717) is 66.3 Å². The van der Waals surface area contributed by atoms with E-state index in [2.05, 4.69) is 103 Å². The Bertz CT molecular complexity index is 3810. The van der Waals surface area contributed by atoms with Crippen molar-refractivity contribution in [1.29, 1.82) is 15.8 Å². The molecule has 3 aliphatic rings. The van der Waals surface area contributed by atoms with Crippen LogP contribution in [0.2, 0.25) is 0 Å². The molecule has 2 N–H and O–H groups in total. The Labute approximate surface area is 439 Å². The molecule has 9 aromatic heterocycles. The third-order valence-corrected chi connectivity index (χ3v) is 17.4. The zero-order chi connectivity index (χ0) is 52.7. The molecule has 0 bridgehead atoms. The molecule has 388 valence electrons. The Kier molecular flexibility index (Phi) is 13.5. The maximum atomic E-state index is 13.3. The number of rotatable bonds is 11. The molecule has 0 radical (unpaired) electrons. The van der Waals surface area contributed by atoms with E-state index in [1.54, 1.807) is 49.1 Å². The Morgan fingerprint density at radius 2 is 0.961 bits per heavy atom. The van der Waals surface area contributed by atoms with Gasteiger partial charge >= 0.3 is 0 Å². The maximum absolute atomic E-state index is 13.3. The third kappa shape index (κ3) is 8.85. The summed E-state index contributed by atoms with van der Waals surface area (Å²) in [6.45, 7) is 11.1. The van der Waals surface area contributed by atoms with Crippen LogP contribution < -0.4 is 15.0 Å². The van der Waals surface area contributed by atoms with E-state index in [9.17, 15) is 8.42 Å². The maximum Gasteiger partial charge on any atom is 0.269 e. The largest absolute Gasteiger partial charge is 0.346 e. The minimum atomic E-state index is -3.78. The molecule has 20 nitrogen and oxygen atoms in total. The number of hydrogen-bond donors (Lipinski definition) is 2. The summed E-state index contributed by atoms with van der Waals surface area (Å²) in [6, 6.07) is 20.8. The number of aryl methyl sites for hydroxylation is 1. The van der Waals surface area contributed by atoms with E-state index < -0.39 is 10.0 Å². The quantitative estimate of drug-likeness (QED) is 0.123. The lowest BCUT2D eigenvalue weighted by Crippen LogP contribution is -2.38. The molecule has 10 aromatic rings. The lowest BCUT2D eigenvalue weighted by molar-refractivity contribution is 0.530. The van der Waals surface area contributed by atoms with Crippen LogP contribution in [0.5, 0.6) is 0 Å². The highest BCUT2D eigenvalue weighted by atomic mass is 32.2. The van der Waals surface area contributed by atoms with Crippen LogP contribution >= 0.6 is 0 Å². The number of nitriles is 3. The number of fused-ring (bicyclic) bond motifs is 9. The fourth-order valence-corrected chi connectivity index (χ4v) is 13.2. The molecular weight excluding hydrogens is 977 g/mol. The molecule has 1 unspecified atom stereocenters. The first kappa shape index (κ1) is 49.7. The summed E-state index contributed by atoms with van der Waals surface area (Å²) in [5.74, 6) is 1.19. The van der Waals surface area contributed by atoms with Crippen molar-refractivity contribution in [2.45, 2.75) is 109 Å². The van der Waals surface area contributed by atoms with Crippen molar-refractivity contribution >= 4 is 76.2 Å².